The van der Waals surface area contributed by atoms with Gasteiger partial charge >= 0.3 is 0 Å². The molecule has 4 heteroatoms. The van der Waals surface area contributed by atoms with E-state index >= 15 is 0 Å². The second kappa shape index (κ2) is 5.01. The Morgan fingerprint density at radius 2 is 1.71 bits per heavy atom. The lowest BCUT2D eigenvalue weighted by Crippen LogP contribution is -2.09. The van der Waals surface area contributed by atoms with Crippen LogP contribution in [0.3, 0.4) is 0 Å². The molecule has 0 saturated carbocycles. The summed E-state index contributed by atoms with van der Waals surface area (Å²) in [6.07, 6.45) is 0.683. The second-order valence-electron chi connectivity index (χ2n) is 4.03. The maximum Gasteiger partial charge on any atom is 0.163 e. The molecule has 0 spiro atoms. The molecule has 0 amide bonds. The van der Waals surface area contributed by atoms with Crippen LogP contribution in [0.2, 0.25) is 0 Å². The SMILES string of the molecule is Cc1ccc(-c2nc(C)nc(CCN)n2)cc1. The lowest BCUT2D eigenvalue weighted by molar-refractivity contribution is 0.827. The minimum absolute atomic E-state index is 0.552. The van der Waals surface area contributed by atoms with Gasteiger partial charge in [0.15, 0.2) is 5.82 Å². The highest BCUT2D eigenvalue weighted by molar-refractivity contribution is 5.55. The third-order valence-corrected chi connectivity index (χ3v) is 2.47. The van der Waals surface area contributed by atoms with Crippen LogP contribution < -0.4 is 5.73 Å². The Balaban J connectivity index is 2.40. The van der Waals surface area contributed by atoms with Crippen molar-refractivity contribution in [2.24, 2.45) is 5.73 Å². The minimum atomic E-state index is 0.552. The van der Waals surface area contributed by atoms with Crippen molar-refractivity contribution in [3.63, 3.8) is 0 Å². The Kier molecular flexibility index (Phi) is 3.44. The molecule has 1 aromatic heterocycles. The average molecular weight is 228 g/mol. The van der Waals surface area contributed by atoms with Crippen LogP contribution >= 0.6 is 0 Å². The van der Waals surface area contributed by atoms with Gasteiger partial charge in [0.2, 0.25) is 0 Å². The van der Waals surface area contributed by atoms with Crippen molar-refractivity contribution in [3.05, 3.63) is 41.5 Å². The fourth-order valence-corrected chi connectivity index (χ4v) is 1.61. The second-order valence-corrected chi connectivity index (χ2v) is 4.03. The predicted molar refractivity (Wildman–Crippen MR) is 67.5 cm³/mol. The number of aromatic nitrogens is 3. The summed E-state index contributed by atoms with van der Waals surface area (Å²) in [5, 5.41) is 0. The molecule has 17 heavy (non-hydrogen) atoms. The van der Waals surface area contributed by atoms with Gasteiger partial charge in [0.25, 0.3) is 0 Å². The fourth-order valence-electron chi connectivity index (χ4n) is 1.61. The van der Waals surface area contributed by atoms with Crippen LogP contribution in [0.4, 0.5) is 0 Å². The van der Waals surface area contributed by atoms with E-state index in [4.69, 9.17) is 5.73 Å². The van der Waals surface area contributed by atoms with Crippen LogP contribution in [0.15, 0.2) is 24.3 Å². The van der Waals surface area contributed by atoms with Gasteiger partial charge in [-0.15, -0.1) is 0 Å². The van der Waals surface area contributed by atoms with E-state index in [9.17, 15) is 0 Å². The van der Waals surface area contributed by atoms with Gasteiger partial charge in [-0.05, 0) is 20.4 Å². The van der Waals surface area contributed by atoms with E-state index in [1.807, 2.05) is 19.1 Å². The van der Waals surface area contributed by atoms with Crippen LogP contribution in [0.1, 0.15) is 17.2 Å². The van der Waals surface area contributed by atoms with Crippen LogP contribution in [0.25, 0.3) is 11.4 Å². The van der Waals surface area contributed by atoms with Crippen molar-refractivity contribution in [2.45, 2.75) is 20.3 Å². The molecule has 0 fully saturated rings. The van der Waals surface area contributed by atoms with E-state index in [-0.39, 0.29) is 0 Å². The molecule has 88 valence electrons. The molecule has 2 aromatic rings. The molecular weight excluding hydrogens is 212 g/mol. The first-order chi connectivity index (χ1) is 8.19. The highest BCUT2D eigenvalue weighted by atomic mass is 15.0. The molecule has 4 nitrogen and oxygen atoms in total. The summed E-state index contributed by atoms with van der Waals surface area (Å²) in [6, 6.07) is 8.15. The number of nitrogens with two attached hydrogens (primary N) is 1. The minimum Gasteiger partial charge on any atom is -0.330 e. The Morgan fingerprint density at radius 1 is 1.00 bits per heavy atom. The molecule has 0 aliphatic heterocycles. The number of rotatable bonds is 3. The van der Waals surface area contributed by atoms with E-state index in [1.165, 1.54) is 5.56 Å². The Hall–Kier alpha value is -1.81. The molecule has 0 aliphatic carbocycles. The van der Waals surface area contributed by atoms with Gasteiger partial charge in [-0.3, -0.25) is 0 Å². The van der Waals surface area contributed by atoms with Gasteiger partial charge in [0.05, 0.1) is 0 Å². The highest BCUT2D eigenvalue weighted by Crippen LogP contribution is 2.15. The lowest BCUT2D eigenvalue weighted by atomic mass is 10.1. The molecule has 0 radical (unpaired) electrons. The molecule has 0 aliphatic rings. The predicted octanol–water partition coefficient (Wildman–Crippen LogP) is 1.66. The van der Waals surface area contributed by atoms with Crippen molar-refractivity contribution in [1.82, 2.24) is 15.0 Å². The van der Waals surface area contributed by atoms with E-state index in [1.54, 1.807) is 0 Å². The van der Waals surface area contributed by atoms with Crippen LogP contribution in [0.5, 0.6) is 0 Å². The van der Waals surface area contributed by atoms with Crippen molar-refractivity contribution in [2.75, 3.05) is 6.54 Å². The summed E-state index contributed by atoms with van der Waals surface area (Å²) < 4.78 is 0. The monoisotopic (exact) mass is 228 g/mol. The molecule has 1 aromatic carbocycles. The van der Waals surface area contributed by atoms with Crippen molar-refractivity contribution in [3.8, 4) is 11.4 Å². The van der Waals surface area contributed by atoms with Gasteiger partial charge in [0, 0.05) is 12.0 Å². The highest BCUT2D eigenvalue weighted by Gasteiger charge is 2.05. The van der Waals surface area contributed by atoms with Gasteiger partial charge < -0.3 is 5.73 Å². The summed E-state index contributed by atoms with van der Waals surface area (Å²) in [4.78, 5) is 13.0. The van der Waals surface area contributed by atoms with Crippen LogP contribution in [-0.4, -0.2) is 21.5 Å². The third kappa shape index (κ3) is 2.85. The first-order valence-corrected chi connectivity index (χ1v) is 5.67. The number of benzene rings is 1. The van der Waals surface area contributed by atoms with Gasteiger partial charge in [-0.1, -0.05) is 29.8 Å². The molecule has 0 unspecified atom stereocenters. The van der Waals surface area contributed by atoms with Crippen molar-refractivity contribution < 1.29 is 0 Å². The van der Waals surface area contributed by atoms with Gasteiger partial charge in [0.1, 0.15) is 11.6 Å². The Bertz CT molecular complexity index is 505. The fraction of sp³-hybridized carbons (Fsp3) is 0.308. The molecule has 2 rings (SSSR count). The molecule has 0 bridgehead atoms. The first-order valence-electron chi connectivity index (χ1n) is 5.67. The summed E-state index contributed by atoms with van der Waals surface area (Å²) in [5.74, 6) is 2.22. The summed E-state index contributed by atoms with van der Waals surface area (Å²) in [6.45, 7) is 4.48. The zero-order chi connectivity index (χ0) is 12.3. The smallest absolute Gasteiger partial charge is 0.163 e. The summed E-state index contributed by atoms with van der Waals surface area (Å²) in [5.41, 5.74) is 7.76. The lowest BCUT2D eigenvalue weighted by Gasteiger charge is -2.04. The molecule has 2 N–H and O–H groups in total. The number of hydrogen-bond acceptors (Lipinski definition) is 4. The van der Waals surface area contributed by atoms with Gasteiger partial charge in [-0.2, -0.15) is 0 Å². The largest absolute Gasteiger partial charge is 0.330 e. The normalized spacial score (nSPS) is 10.5. The molecular formula is C13H16N4. The third-order valence-electron chi connectivity index (χ3n) is 2.47. The number of nitrogens with zero attached hydrogens (tertiary/aromatic N) is 3. The number of hydrogen-bond donors (Lipinski definition) is 1. The maximum absolute atomic E-state index is 5.52. The Labute approximate surface area is 101 Å². The summed E-state index contributed by atoms with van der Waals surface area (Å²) in [7, 11) is 0. The first kappa shape index (κ1) is 11.7. The average Bonchev–Trinajstić information content (AvgIpc) is 2.29. The van der Waals surface area contributed by atoms with E-state index in [0.717, 1.165) is 23.0 Å². The number of aryl methyl sites for hydroxylation is 2. The van der Waals surface area contributed by atoms with E-state index in [0.29, 0.717) is 13.0 Å². The topological polar surface area (TPSA) is 64.7 Å². The molecule has 1 heterocycles. The van der Waals surface area contributed by atoms with Crippen molar-refractivity contribution in [1.29, 1.82) is 0 Å². The summed E-state index contributed by atoms with van der Waals surface area (Å²) >= 11 is 0. The quantitative estimate of drug-likeness (QED) is 0.867. The molecule has 0 saturated heterocycles. The van der Waals surface area contributed by atoms with E-state index < -0.39 is 0 Å². The molecule has 0 atom stereocenters. The zero-order valence-corrected chi connectivity index (χ0v) is 10.1. The van der Waals surface area contributed by atoms with Crippen LogP contribution in [-0.2, 0) is 6.42 Å². The van der Waals surface area contributed by atoms with Gasteiger partial charge in [-0.25, -0.2) is 15.0 Å². The standard InChI is InChI=1S/C13H16N4/c1-9-3-5-11(6-4-9)13-16-10(2)15-12(17-13)7-8-14/h3-6H,7-8,14H2,1-2H3. The zero-order valence-electron chi connectivity index (χ0n) is 10.1. The van der Waals surface area contributed by atoms with E-state index in [2.05, 4.69) is 34.0 Å². The van der Waals surface area contributed by atoms with Crippen LogP contribution in [0, 0.1) is 13.8 Å². The maximum atomic E-state index is 5.52. The Morgan fingerprint density at radius 3 is 2.35 bits per heavy atom. The van der Waals surface area contributed by atoms with Crippen molar-refractivity contribution >= 4 is 0 Å².